The molecule has 124 valence electrons. The zero-order valence-electron chi connectivity index (χ0n) is 13.4. The second-order valence-electron chi connectivity index (χ2n) is 5.26. The minimum atomic E-state index is -0.214. The third-order valence-corrected chi connectivity index (χ3v) is 3.50. The minimum Gasteiger partial charge on any atom is -0.383 e. The molecule has 24 heavy (non-hydrogen) atoms. The first-order valence-corrected chi connectivity index (χ1v) is 7.66. The highest BCUT2D eigenvalue weighted by atomic mass is 16.5. The first-order valence-electron chi connectivity index (χ1n) is 7.66. The summed E-state index contributed by atoms with van der Waals surface area (Å²) in [6.45, 7) is 1.42. The van der Waals surface area contributed by atoms with Gasteiger partial charge in [0.05, 0.1) is 18.5 Å². The number of methoxy groups -OCH3 is 1. The second kappa shape index (κ2) is 7.56. The quantitative estimate of drug-likeness (QED) is 0.678. The zero-order chi connectivity index (χ0) is 16.8. The van der Waals surface area contributed by atoms with Crippen LogP contribution >= 0.6 is 0 Å². The van der Waals surface area contributed by atoms with Crippen LogP contribution in [0.1, 0.15) is 5.56 Å². The first-order chi connectivity index (χ1) is 11.8. The van der Waals surface area contributed by atoms with Gasteiger partial charge in [0.15, 0.2) is 5.65 Å². The summed E-state index contributed by atoms with van der Waals surface area (Å²) in [5.41, 5.74) is 3.63. The minimum absolute atomic E-state index is 0.214. The number of imidazole rings is 1. The molecule has 2 N–H and O–H groups in total. The van der Waals surface area contributed by atoms with E-state index in [2.05, 4.69) is 20.7 Å². The van der Waals surface area contributed by atoms with E-state index in [9.17, 15) is 4.79 Å². The standard InChI is InChI=1S/C17H19N5O2/c1-24-9-8-18-17(23)19-11-13-4-2-5-14(10-13)15-12-22-16(21-15)6-3-7-20-22/h2-7,10,12H,8-9,11H2,1H3,(H2,18,19,23). The van der Waals surface area contributed by atoms with Crippen molar-refractivity contribution >= 4 is 11.7 Å². The van der Waals surface area contributed by atoms with E-state index in [1.54, 1.807) is 17.8 Å². The smallest absolute Gasteiger partial charge is 0.315 e. The SMILES string of the molecule is COCCNC(=O)NCc1cccc(-c2cn3ncccc3n2)c1. The predicted octanol–water partition coefficient (Wildman–Crippen LogP) is 1.84. The molecule has 0 saturated heterocycles. The van der Waals surface area contributed by atoms with E-state index >= 15 is 0 Å². The molecule has 0 unspecified atom stereocenters. The third kappa shape index (κ3) is 3.88. The summed E-state index contributed by atoms with van der Waals surface area (Å²) < 4.78 is 6.63. The van der Waals surface area contributed by atoms with Crippen molar-refractivity contribution in [3.8, 4) is 11.3 Å². The molecule has 2 amide bonds. The summed E-state index contributed by atoms with van der Waals surface area (Å²) in [4.78, 5) is 16.2. The van der Waals surface area contributed by atoms with Crippen LogP contribution in [0.3, 0.4) is 0 Å². The van der Waals surface area contributed by atoms with Gasteiger partial charge in [-0.15, -0.1) is 0 Å². The highest BCUT2D eigenvalue weighted by Crippen LogP contribution is 2.19. The number of nitrogens with one attached hydrogen (secondary N) is 2. The molecular formula is C17H19N5O2. The van der Waals surface area contributed by atoms with Crippen molar-refractivity contribution in [2.45, 2.75) is 6.54 Å². The molecule has 2 aromatic heterocycles. The molecule has 0 spiro atoms. The molecule has 7 nitrogen and oxygen atoms in total. The number of rotatable bonds is 6. The Hall–Kier alpha value is -2.93. The van der Waals surface area contributed by atoms with Gasteiger partial charge in [-0.25, -0.2) is 14.3 Å². The van der Waals surface area contributed by atoms with Crippen LogP contribution in [-0.2, 0) is 11.3 Å². The summed E-state index contributed by atoms with van der Waals surface area (Å²) in [5, 5.41) is 9.76. The van der Waals surface area contributed by atoms with Crippen LogP contribution in [0.15, 0.2) is 48.8 Å². The largest absolute Gasteiger partial charge is 0.383 e. The van der Waals surface area contributed by atoms with Gasteiger partial charge in [-0.05, 0) is 23.8 Å². The maximum atomic E-state index is 11.7. The number of nitrogens with zero attached hydrogens (tertiary/aromatic N) is 3. The zero-order valence-corrected chi connectivity index (χ0v) is 13.4. The van der Waals surface area contributed by atoms with Crippen molar-refractivity contribution in [2.75, 3.05) is 20.3 Å². The maximum absolute atomic E-state index is 11.7. The fourth-order valence-corrected chi connectivity index (χ4v) is 2.32. The Bertz CT molecular complexity index is 797. The molecule has 0 aliphatic rings. The maximum Gasteiger partial charge on any atom is 0.315 e. The Morgan fingerprint density at radius 1 is 1.25 bits per heavy atom. The number of hydrogen-bond acceptors (Lipinski definition) is 4. The number of aromatic nitrogens is 3. The normalized spacial score (nSPS) is 10.7. The molecule has 3 rings (SSSR count). The lowest BCUT2D eigenvalue weighted by molar-refractivity contribution is 0.196. The molecule has 0 bridgehead atoms. The van der Waals surface area contributed by atoms with Gasteiger partial charge in [-0.2, -0.15) is 5.10 Å². The van der Waals surface area contributed by atoms with Crippen molar-refractivity contribution in [1.29, 1.82) is 0 Å². The summed E-state index contributed by atoms with van der Waals surface area (Å²) in [5.74, 6) is 0. The van der Waals surface area contributed by atoms with Gasteiger partial charge in [-0.3, -0.25) is 0 Å². The number of ether oxygens (including phenoxy) is 1. The van der Waals surface area contributed by atoms with E-state index < -0.39 is 0 Å². The molecule has 1 aromatic carbocycles. The molecule has 0 aliphatic carbocycles. The van der Waals surface area contributed by atoms with Crippen LogP contribution in [0.2, 0.25) is 0 Å². The highest BCUT2D eigenvalue weighted by molar-refractivity contribution is 5.73. The fourth-order valence-electron chi connectivity index (χ4n) is 2.32. The van der Waals surface area contributed by atoms with Crippen LogP contribution in [-0.4, -0.2) is 40.9 Å². The Morgan fingerprint density at radius 2 is 2.17 bits per heavy atom. The average Bonchev–Trinajstić information content (AvgIpc) is 3.05. The molecule has 0 atom stereocenters. The Kier molecular flexibility index (Phi) is 5.02. The monoisotopic (exact) mass is 325 g/mol. The van der Waals surface area contributed by atoms with Crippen molar-refractivity contribution in [3.63, 3.8) is 0 Å². The van der Waals surface area contributed by atoms with Crippen LogP contribution in [0.4, 0.5) is 4.79 Å². The van der Waals surface area contributed by atoms with Gasteiger partial charge in [0, 0.05) is 32.0 Å². The average molecular weight is 325 g/mol. The molecule has 7 heteroatoms. The number of carbonyl (C=O) groups excluding carboxylic acids is 1. The van der Waals surface area contributed by atoms with E-state index in [0.717, 1.165) is 22.5 Å². The second-order valence-corrected chi connectivity index (χ2v) is 5.26. The lowest BCUT2D eigenvalue weighted by Crippen LogP contribution is -2.36. The molecule has 0 aliphatic heterocycles. The van der Waals surface area contributed by atoms with Gasteiger partial charge < -0.3 is 15.4 Å². The molecule has 0 saturated carbocycles. The summed E-state index contributed by atoms with van der Waals surface area (Å²) in [6.07, 6.45) is 3.61. The summed E-state index contributed by atoms with van der Waals surface area (Å²) in [6, 6.07) is 11.5. The Labute approximate surface area is 139 Å². The first kappa shape index (κ1) is 15.9. The molecule has 0 fully saturated rings. The molecular weight excluding hydrogens is 306 g/mol. The topological polar surface area (TPSA) is 80.5 Å². The lowest BCUT2D eigenvalue weighted by Gasteiger charge is -2.08. The van der Waals surface area contributed by atoms with Gasteiger partial charge in [0.25, 0.3) is 0 Å². The van der Waals surface area contributed by atoms with E-state index in [0.29, 0.717) is 19.7 Å². The number of benzene rings is 1. The van der Waals surface area contributed by atoms with Crippen LogP contribution in [0.25, 0.3) is 16.9 Å². The van der Waals surface area contributed by atoms with Gasteiger partial charge >= 0.3 is 6.03 Å². The van der Waals surface area contributed by atoms with Crippen LogP contribution in [0, 0.1) is 0 Å². The van der Waals surface area contributed by atoms with Crippen molar-refractivity contribution < 1.29 is 9.53 Å². The van der Waals surface area contributed by atoms with Crippen molar-refractivity contribution in [2.24, 2.45) is 0 Å². The molecule has 3 aromatic rings. The Morgan fingerprint density at radius 3 is 3.00 bits per heavy atom. The number of urea groups is 1. The van der Waals surface area contributed by atoms with Gasteiger partial charge in [-0.1, -0.05) is 18.2 Å². The number of hydrogen-bond donors (Lipinski definition) is 2. The number of carbonyl (C=O) groups is 1. The van der Waals surface area contributed by atoms with Crippen LogP contribution < -0.4 is 10.6 Å². The van der Waals surface area contributed by atoms with Gasteiger partial charge in [0.1, 0.15) is 0 Å². The van der Waals surface area contributed by atoms with Gasteiger partial charge in [0.2, 0.25) is 0 Å². The van der Waals surface area contributed by atoms with Crippen molar-refractivity contribution in [3.05, 3.63) is 54.4 Å². The van der Waals surface area contributed by atoms with E-state index in [-0.39, 0.29) is 6.03 Å². The molecule has 2 heterocycles. The Balaban J connectivity index is 1.66. The highest BCUT2D eigenvalue weighted by Gasteiger charge is 2.06. The predicted molar refractivity (Wildman–Crippen MR) is 90.5 cm³/mol. The fraction of sp³-hybridized carbons (Fsp3) is 0.235. The van der Waals surface area contributed by atoms with E-state index in [1.165, 1.54) is 0 Å². The van der Waals surface area contributed by atoms with Crippen molar-refractivity contribution in [1.82, 2.24) is 25.2 Å². The van der Waals surface area contributed by atoms with E-state index in [4.69, 9.17) is 4.74 Å². The summed E-state index contributed by atoms with van der Waals surface area (Å²) in [7, 11) is 1.60. The lowest BCUT2D eigenvalue weighted by atomic mass is 10.1. The van der Waals surface area contributed by atoms with E-state index in [1.807, 2.05) is 42.6 Å². The number of fused-ring (bicyclic) bond motifs is 1. The third-order valence-electron chi connectivity index (χ3n) is 3.50. The molecule has 0 radical (unpaired) electrons. The van der Waals surface area contributed by atoms with Crippen LogP contribution in [0.5, 0.6) is 0 Å². The number of amides is 2. The summed E-state index contributed by atoms with van der Waals surface area (Å²) >= 11 is 0.